The zero-order chi connectivity index (χ0) is 9.10. The number of aromatic nitrogens is 1. The average Bonchev–Trinajstić information content (AvgIpc) is 2.19. The Kier molecular flexibility index (Phi) is 3.68. The summed E-state index contributed by atoms with van der Waals surface area (Å²) >= 11 is 0. The lowest BCUT2D eigenvalue weighted by Crippen LogP contribution is -2.11. The van der Waals surface area contributed by atoms with Crippen molar-refractivity contribution in [2.45, 2.75) is 0 Å². The number of halogens is 1. The van der Waals surface area contributed by atoms with Crippen LogP contribution in [0.2, 0.25) is 0 Å². The van der Waals surface area contributed by atoms with Gasteiger partial charge in [-0.15, -0.1) is 12.4 Å². The van der Waals surface area contributed by atoms with Gasteiger partial charge in [-0.05, 0) is 11.5 Å². The van der Waals surface area contributed by atoms with E-state index in [-0.39, 0.29) is 12.4 Å². The van der Waals surface area contributed by atoms with Gasteiger partial charge in [-0.1, -0.05) is 24.3 Å². The van der Waals surface area contributed by atoms with Crippen molar-refractivity contribution in [3.8, 4) is 0 Å². The van der Waals surface area contributed by atoms with Gasteiger partial charge in [-0.2, -0.15) is 0 Å². The fourth-order valence-electron chi connectivity index (χ4n) is 1.36. The van der Waals surface area contributed by atoms with Crippen molar-refractivity contribution in [1.29, 1.82) is 0 Å². The van der Waals surface area contributed by atoms with E-state index < -0.39 is 0 Å². The molecule has 0 radical (unpaired) electrons. The van der Waals surface area contributed by atoms with Crippen LogP contribution in [0.1, 0.15) is 0 Å². The topological polar surface area (TPSA) is 50.9 Å². The first-order valence-corrected chi connectivity index (χ1v) is 4.19. The van der Waals surface area contributed by atoms with Crippen molar-refractivity contribution >= 4 is 29.0 Å². The van der Waals surface area contributed by atoms with Crippen LogP contribution in [0.5, 0.6) is 0 Å². The van der Waals surface area contributed by atoms with Crippen molar-refractivity contribution in [3.05, 3.63) is 36.5 Å². The number of pyridine rings is 1. The maximum atomic E-state index is 5.40. The highest BCUT2D eigenvalue weighted by molar-refractivity contribution is 5.91. The molecule has 3 N–H and O–H groups in total. The molecule has 2 rings (SSSR count). The molecule has 0 saturated carbocycles. The molecule has 0 fully saturated rings. The number of nitrogens with zero attached hydrogens (tertiary/aromatic N) is 1. The number of fused-ring (bicyclic) bond motifs is 1. The molecule has 74 valence electrons. The van der Waals surface area contributed by atoms with E-state index >= 15 is 0 Å². The highest BCUT2D eigenvalue weighted by Crippen LogP contribution is 2.19. The van der Waals surface area contributed by atoms with Gasteiger partial charge in [0.1, 0.15) is 5.82 Å². The summed E-state index contributed by atoms with van der Waals surface area (Å²) < 4.78 is 0. The summed E-state index contributed by atoms with van der Waals surface area (Å²) in [6.45, 7) is 0.404. The van der Waals surface area contributed by atoms with Gasteiger partial charge in [0.15, 0.2) is 0 Å². The molecule has 0 aliphatic heterocycles. The summed E-state index contributed by atoms with van der Waals surface area (Å²) in [5.74, 6) is 0.848. The van der Waals surface area contributed by atoms with E-state index in [2.05, 4.69) is 16.4 Å². The third-order valence-corrected chi connectivity index (χ3v) is 1.94. The van der Waals surface area contributed by atoms with Crippen LogP contribution in [-0.4, -0.2) is 11.7 Å². The quantitative estimate of drug-likeness (QED) is 0.744. The third-order valence-electron chi connectivity index (χ3n) is 1.94. The SMILES string of the molecule is Cl.NCNc1nccc2ccccc12. The fraction of sp³-hybridized carbons (Fsp3) is 0.100. The van der Waals surface area contributed by atoms with Crippen LogP contribution in [0.3, 0.4) is 0 Å². The Balaban J connectivity index is 0.000000980. The van der Waals surface area contributed by atoms with E-state index in [9.17, 15) is 0 Å². The molecule has 1 aromatic heterocycles. The molecule has 2 aromatic rings. The molecule has 4 heteroatoms. The van der Waals surface area contributed by atoms with Crippen molar-refractivity contribution in [2.75, 3.05) is 12.0 Å². The molecular weight excluding hydrogens is 198 g/mol. The molecule has 0 unspecified atom stereocenters. The summed E-state index contributed by atoms with van der Waals surface area (Å²) in [7, 11) is 0. The Hall–Kier alpha value is -1.32. The van der Waals surface area contributed by atoms with Gasteiger partial charge in [-0.3, -0.25) is 0 Å². The molecule has 14 heavy (non-hydrogen) atoms. The monoisotopic (exact) mass is 209 g/mol. The van der Waals surface area contributed by atoms with Gasteiger partial charge in [0.25, 0.3) is 0 Å². The lowest BCUT2D eigenvalue weighted by Gasteiger charge is -2.05. The maximum absolute atomic E-state index is 5.40. The Morgan fingerprint density at radius 3 is 2.79 bits per heavy atom. The first kappa shape index (κ1) is 10.8. The predicted molar refractivity (Wildman–Crippen MR) is 61.7 cm³/mol. The Morgan fingerprint density at radius 2 is 2.00 bits per heavy atom. The standard InChI is InChI=1S/C10H11N3.ClH/c11-7-13-10-9-4-2-1-3-8(9)5-6-12-10;/h1-6H,7,11H2,(H,12,13);1H. The van der Waals surface area contributed by atoms with Crippen LogP contribution in [0.15, 0.2) is 36.5 Å². The number of benzene rings is 1. The minimum atomic E-state index is 0. The number of hydrogen-bond acceptors (Lipinski definition) is 3. The first-order chi connectivity index (χ1) is 6.42. The molecule has 3 nitrogen and oxygen atoms in total. The Labute approximate surface area is 88.7 Å². The van der Waals surface area contributed by atoms with Gasteiger partial charge < -0.3 is 11.1 Å². The van der Waals surface area contributed by atoms with Crippen LogP contribution in [-0.2, 0) is 0 Å². The van der Waals surface area contributed by atoms with Crippen molar-refractivity contribution in [1.82, 2.24) is 4.98 Å². The van der Waals surface area contributed by atoms with Crippen LogP contribution in [0.25, 0.3) is 10.8 Å². The molecular formula is C10H12ClN3. The number of nitrogens with two attached hydrogens (primary N) is 1. The molecule has 0 amide bonds. The van der Waals surface area contributed by atoms with Gasteiger partial charge >= 0.3 is 0 Å². The lowest BCUT2D eigenvalue weighted by atomic mass is 10.2. The average molecular weight is 210 g/mol. The molecule has 1 aromatic carbocycles. The number of anilines is 1. The number of hydrogen-bond donors (Lipinski definition) is 2. The van der Waals surface area contributed by atoms with E-state index in [1.54, 1.807) is 6.20 Å². The van der Waals surface area contributed by atoms with Crippen molar-refractivity contribution < 1.29 is 0 Å². The summed E-state index contributed by atoms with van der Waals surface area (Å²) in [6, 6.07) is 10.1. The second kappa shape index (κ2) is 4.79. The zero-order valence-corrected chi connectivity index (χ0v) is 8.42. The number of nitrogens with one attached hydrogen (secondary N) is 1. The molecule has 0 bridgehead atoms. The van der Waals surface area contributed by atoms with Crippen LogP contribution in [0, 0.1) is 0 Å². The Bertz CT molecular complexity index is 412. The van der Waals surface area contributed by atoms with E-state index in [1.807, 2.05) is 24.3 Å². The first-order valence-electron chi connectivity index (χ1n) is 4.19. The molecule has 0 saturated heterocycles. The zero-order valence-electron chi connectivity index (χ0n) is 7.60. The molecule has 0 aliphatic rings. The van der Waals surface area contributed by atoms with E-state index in [0.717, 1.165) is 11.2 Å². The molecule has 0 aliphatic carbocycles. The van der Waals surface area contributed by atoms with Crippen LogP contribution in [0.4, 0.5) is 5.82 Å². The minimum Gasteiger partial charge on any atom is -0.357 e. The van der Waals surface area contributed by atoms with E-state index in [1.165, 1.54) is 5.39 Å². The number of rotatable bonds is 2. The molecule has 1 heterocycles. The lowest BCUT2D eigenvalue weighted by molar-refractivity contribution is 1.12. The largest absolute Gasteiger partial charge is 0.357 e. The molecule has 0 spiro atoms. The van der Waals surface area contributed by atoms with Gasteiger partial charge in [0.05, 0.1) is 6.67 Å². The second-order valence-electron chi connectivity index (χ2n) is 2.76. The Morgan fingerprint density at radius 1 is 1.21 bits per heavy atom. The van der Waals surface area contributed by atoms with Crippen molar-refractivity contribution in [3.63, 3.8) is 0 Å². The summed E-state index contributed by atoms with van der Waals surface area (Å²) in [5.41, 5.74) is 5.40. The predicted octanol–water partition coefficient (Wildman–Crippen LogP) is 1.98. The summed E-state index contributed by atoms with van der Waals surface area (Å²) in [5, 5.41) is 5.30. The van der Waals surface area contributed by atoms with Gasteiger partial charge in [0.2, 0.25) is 0 Å². The highest BCUT2D eigenvalue weighted by atomic mass is 35.5. The van der Waals surface area contributed by atoms with Gasteiger partial charge in [-0.25, -0.2) is 4.98 Å². The minimum absolute atomic E-state index is 0. The maximum Gasteiger partial charge on any atom is 0.134 e. The van der Waals surface area contributed by atoms with E-state index in [0.29, 0.717) is 6.67 Å². The van der Waals surface area contributed by atoms with Crippen LogP contribution < -0.4 is 11.1 Å². The van der Waals surface area contributed by atoms with Crippen molar-refractivity contribution in [2.24, 2.45) is 5.73 Å². The molecule has 0 atom stereocenters. The van der Waals surface area contributed by atoms with Crippen LogP contribution >= 0.6 is 12.4 Å². The smallest absolute Gasteiger partial charge is 0.134 e. The fourth-order valence-corrected chi connectivity index (χ4v) is 1.36. The summed E-state index contributed by atoms with van der Waals surface area (Å²) in [4.78, 5) is 4.21. The highest BCUT2D eigenvalue weighted by Gasteiger charge is 1.98. The summed E-state index contributed by atoms with van der Waals surface area (Å²) in [6.07, 6.45) is 1.78. The third kappa shape index (κ3) is 1.95. The second-order valence-corrected chi connectivity index (χ2v) is 2.76. The normalized spacial score (nSPS) is 9.50. The van der Waals surface area contributed by atoms with E-state index in [4.69, 9.17) is 5.73 Å². The van der Waals surface area contributed by atoms with Gasteiger partial charge in [0, 0.05) is 11.6 Å².